The number of likely N-dealkylation sites (tertiary alicyclic amines) is 1. The third kappa shape index (κ3) is 2.48. The number of likely N-dealkylation sites (N-methyl/N-ethyl adjacent to an activating group) is 1. The number of hydrogen-bond acceptors (Lipinski definition) is 4. The van der Waals surface area contributed by atoms with Gasteiger partial charge >= 0.3 is 0 Å². The van der Waals surface area contributed by atoms with E-state index in [9.17, 15) is 0 Å². The molecule has 0 saturated carbocycles. The molecule has 2 aliphatic rings. The number of rotatable bonds is 3. The number of ether oxygens (including phenoxy) is 2. The lowest BCUT2D eigenvalue weighted by atomic mass is 10.2. The van der Waals surface area contributed by atoms with Gasteiger partial charge in [0.05, 0.1) is 0 Å². The molecular weight excluding hydrogens is 296 g/mol. The highest BCUT2D eigenvalue weighted by molar-refractivity contribution is 9.10. The second-order valence-corrected chi connectivity index (χ2v) is 5.78. The smallest absolute Gasteiger partial charge is 0.231 e. The topological polar surface area (TPSA) is 33.7 Å². The highest BCUT2D eigenvalue weighted by Gasteiger charge is 2.20. The number of fused-ring (bicyclic) bond motifs is 1. The first-order valence-electron chi connectivity index (χ1n) is 6.22. The quantitative estimate of drug-likeness (QED) is 0.925. The van der Waals surface area contributed by atoms with E-state index in [2.05, 4.69) is 39.3 Å². The van der Waals surface area contributed by atoms with E-state index >= 15 is 0 Å². The fourth-order valence-corrected chi connectivity index (χ4v) is 2.91. The van der Waals surface area contributed by atoms with E-state index in [1.807, 2.05) is 6.07 Å². The summed E-state index contributed by atoms with van der Waals surface area (Å²) in [6.45, 7) is 3.49. The third-order valence-electron chi connectivity index (χ3n) is 3.51. The first kappa shape index (κ1) is 12.3. The molecule has 0 spiro atoms. The summed E-state index contributed by atoms with van der Waals surface area (Å²) >= 11 is 3.59. The van der Waals surface area contributed by atoms with Gasteiger partial charge in [0.2, 0.25) is 6.79 Å². The Bertz CT molecular complexity index is 453. The van der Waals surface area contributed by atoms with Crippen molar-refractivity contribution < 1.29 is 9.47 Å². The van der Waals surface area contributed by atoms with E-state index in [1.165, 1.54) is 18.5 Å². The average molecular weight is 313 g/mol. The van der Waals surface area contributed by atoms with Gasteiger partial charge in [-0.3, -0.25) is 0 Å². The molecule has 0 radical (unpaired) electrons. The van der Waals surface area contributed by atoms with E-state index in [0.29, 0.717) is 12.8 Å². The predicted molar refractivity (Wildman–Crippen MR) is 73.0 cm³/mol. The largest absolute Gasteiger partial charge is 0.454 e. The summed E-state index contributed by atoms with van der Waals surface area (Å²) in [4.78, 5) is 2.35. The summed E-state index contributed by atoms with van der Waals surface area (Å²) in [5, 5.41) is 3.59. The van der Waals surface area contributed by atoms with Crippen molar-refractivity contribution in [2.24, 2.45) is 0 Å². The van der Waals surface area contributed by atoms with Crippen molar-refractivity contribution in [1.29, 1.82) is 0 Å². The molecular formula is C13H17BrN2O2. The summed E-state index contributed by atoms with van der Waals surface area (Å²) in [6, 6.07) is 4.63. The first-order valence-corrected chi connectivity index (χ1v) is 7.01. The third-order valence-corrected chi connectivity index (χ3v) is 4.25. The molecule has 1 unspecified atom stereocenters. The Balaban J connectivity index is 1.66. The van der Waals surface area contributed by atoms with Gasteiger partial charge in [0.25, 0.3) is 0 Å². The molecule has 2 aliphatic heterocycles. The molecule has 1 fully saturated rings. The zero-order valence-corrected chi connectivity index (χ0v) is 12.0. The van der Waals surface area contributed by atoms with Gasteiger partial charge in [-0.15, -0.1) is 0 Å². The summed E-state index contributed by atoms with van der Waals surface area (Å²) in [7, 11) is 2.16. The average Bonchev–Trinajstić information content (AvgIpc) is 2.94. The minimum Gasteiger partial charge on any atom is -0.454 e. The molecule has 98 valence electrons. The molecule has 18 heavy (non-hydrogen) atoms. The summed E-state index contributed by atoms with van der Waals surface area (Å²) in [5.74, 6) is 1.67. The number of nitrogens with zero attached hydrogens (tertiary/aromatic N) is 1. The summed E-state index contributed by atoms with van der Waals surface area (Å²) in [5.41, 5.74) is 1.22. The van der Waals surface area contributed by atoms with Crippen LogP contribution in [0.3, 0.4) is 0 Å². The van der Waals surface area contributed by atoms with Gasteiger partial charge in [-0.2, -0.15) is 0 Å². The van der Waals surface area contributed by atoms with Crippen LogP contribution >= 0.6 is 15.9 Å². The van der Waals surface area contributed by atoms with E-state index in [0.717, 1.165) is 29.1 Å². The van der Waals surface area contributed by atoms with Gasteiger partial charge < -0.3 is 19.7 Å². The monoisotopic (exact) mass is 312 g/mol. The van der Waals surface area contributed by atoms with E-state index in [4.69, 9.17) is 9.47 Å². The fourth-order valence-electron chi connectivity index (χ4n) is 2.45. The van der Waals surface area contributed by atoms with Crippen LogP contribution < -0.4 is 14.8 Å². The maximum absolute atomic E-state index is 5.40. The van der Waals surface area contributed by atoms with Gasteiger partial charge in [-0.05, 0) is 37.7 Å². The van der Waals surface area contributed by atoms with Crippen LogP contribution in [0.4, 0.5) is 0 Å². The number of benzene rings is 1. The van der Waals surface area contributed by atoms with E-state index < -0.39 is 0 Å². The SMILES string of the molecule is CN1CCC(NCc2cc3c(cc2Br)OCO3)C1. The molecule has 3 rings (SSSR count). The molecule has 0 aliphatic carbocycles. The van der Waals surface area contributed by atoms with Crippen LogP contribution in [0.5, 0.6) is 11.5 Å². The van der Waals surface area contributed by atoms with Crippen molar-refractivity contribution in [2.75, 3.05) is 26.9 Å². The second kappa shape index (κ2) is 5.07. The van der Waals surface area contributed by atoms with Crippen molar-refractivity contribution in [3.63, 3.8) is 0 Å². The molecule has 2 heterocycles. The number of nitrogens with one attached hydrogen (secondary N) is 1. The van der Waals surface area contributed by atoms with Gasteiger partial charge in [0, 0.05) is 23.6 Å². The summed E-state index contributed by atoms with van der Waals surface area (Å²) in [6.07, 6.45) is 1.22. The van der Waals surface area contributed by atoms with Crippen molar-refractivity contribution in [1.82, 2.24) is 10.2 Å². The van der Waals surface area contributed by atoms with Crippen molar-refractivity contribution in [3.8, 4) is 11.5 Å². The fraction of sp³-hybridized carbons (Fsp3) is 0.538. The van der Waals surface area contributed by atoms with Crippen molar-refractivity contribution >= 4 is 15.9 Å². The van der Waals surface area contributed by atoms with E-state index in [1.54, 1.807) is 0 Å². The van der Waals surface area contributed by atoms with Crippen molar-refractivity contribution in [2.45, 2.75) is 19.0 Å². The first-order chi connectivity index (χ1) is 8.72. The Kier molecular flexibility index (Phi) is 3.46. The molecule has 0 amide bonds. The van der Waals surface area contributed by atoms with Crippen LogP contribution in [-0.2, 0) is 6.54 Å². The van der Waals surface area contributed by atoms with Crippen LogP contribution in [0.25, 0.3) is 0 Å². The van der Waals surface area contributed by atoms with Crippen LogP contribution in [0.1, 0.15) is 12.0 Å². The molecule has 1 aromatic rings. The Morgan fingerprint density at radius 2 is 2.17 bits per heavy atom. The molecule has 1 atom stereocenters. The normalized spacial score (nSPS) is 22.7. The lowest BCUT2D eigenvalue weighted by Crippen LogP contribution is -2.31. The highest BCUT2D eigenvalue weighted by atomic mass is 79.9. The Labute approximate surface area is 115 Å². The van der Waals surface area contributed by atoms with Crippen LogP contribution in [0.15, 0.2) is 16.6 Å². The van der Waals surface area contributed by atoms with E-state index in [-0.39, 0.29) is 0 Å². The lowest BCUT2D eigenvalue weighted by molar-refractivity contribution is 0.174. The van der Waals surface area contributed by atoms with Crippen LogP contribution in [0.2, 0.25) is 0 Å². The Morgan fingerprint density at radius 1 is 1.39 bits per heavy atom. The van der Waals surface area contributed by atoms with Gasteiger partial charge in [-0.25, -0.2) is 0 Å². The molecule has 0 bridgehead atoms. The molecule has 1 saturated heterocycles. The number of hydrogen-bond donors (Lipinski definition) is 1. The number of halogens is 1. The Morgan fingerprint density at radius 3 is 2.89 bits per heavy atom. The van der Waals surface area contributed by atoms with Crippen LogP contribution in [0, 0.1) is 0 Å². The summed E-state index contributed by atoms with van der Waals surface area (Å²) < 4.78 is 11.8. The maximum atomic E-state index is 5.40. The predicted octanol–water partition coefficient (Wildman–Crippen LogP) is 1.97. The molecule has 1 aromatic carbocycles. The highest BCUT2D eigenvalue weighted by Crippen LogP contribution is 2.36. The standard InChI is InChI=1S/C13H17BrN2O2/c1-16-3-2-10(7-16)15-6-9-4-12-13(5-11(9)14)18-8-17-12/h4-5,10,15H,2-3,6-8H2,1H3. The van der Waals surface area contributed by atoms with Gasteiger partial charge in [0.1, 0.15) is 0 Å². The van der Waals surface area contributed by atoms with Crippen molar-refractivity contribution in [3.05, 3.63) is 22.2 Å². The second-order valence-electron chi connectivity index (χ2n) is 4.93. The molecule has 0 aromatic heterocycles. The maximum Gasteiger partial charge on any atom is 0.231 e. The lowest BCUT2D eigenvalue weighted by Gasteiger charge is -2.14. The minimum atomic E-state index is 0.325. The van der Waals surface area contributed by atoms with Gasteiger partial charge in [-0.1, -0.05) is 15.9 Å². The molecule has 1 N–H and O–H groups in total. The zero-order chi connectivity index (χ0) is 12.5. The van der Waals surface area contributed by atoms with Crippen LogP contribution in [-0.4, -0.2) is 37.9 Å². The zero-order valence-electron chi connectivity index (χ0n) is 10.4. The molecule has 5 heteroatoms. The Hall–Kier alpha value is -0.780. The molecule has 4 nitrogen and oxygen atoms in total. The minimum absolute atomic E-state index is 0.325. The van der Waals surface area contributed by atoms with Gasteiger partial charge in [0.15, 0.2) is 11.5 Å².